The number of hydrogen-bond donors (Lipinski definition) is 2. The predicted molar refractivity (Wildman–Crippen MR) is 82.4 cm³/mol. The molecule has 1 fully saturated rings. The quantitative estimate of drug-likeness (QED) is 0.843. The molecule has 1 aliphatic heterocycles. The highest BCUT2D eigenvalue weighted by Gasteiger charge is 2.27. The summed E-state index contributed by atoms with van der Waals surface area (Å²) in [5.74, 6) is 0.363. The molecular weight excluding hydrogens is 298 g/mol. The van der Waals surface area contributed by atoms with Crippen LogP contribution in [0.15, 0.2) is 24.4 Å². The first-order chi connectivity index (χ1) is 11.0. The fraction of sp³-hybridized carbons (Fsp3) is 0.357. The van der Waals surface area contributed by atoms with Gasteiger partial charge < -0.3 is 10.2 Å². The molecule has 23 heavy (non-hydrogen) atoms. The number of likely N-dealkylation sites (N-methyl/N-ethyl adjacent to an activating group) is 1. The minimum absolute atomic E-state index is 0.0237. The van der Waals surface area contributed by atoms with Crippen LogP contribution in [-0.4, -0.2) is 56.5 Å². The van der Waals surface area contributed by atoms with E-state index in [4.69, 9.17) is 0 Å². The summed E-state index contributed by atoms with van der Waals surface area (Å²) in [4.78, 5) is 24.9. The monoisotopic (exact) mass is 315 g/mol. The molecular formula is C14H17N7O2. The molecule has 3 amide bonds. The molecule has 3 rings (SSSR count). The highest BCUT2D eigenvalue weighted by molar-refractivity contribution is 5.89. The number of anilines is 1. The highest BCUT2D eigenvalue weighted by Crippen LogP contribution is 2.15. The number of aryl methyl sites for hydroxylation is 1. The van der Waals surface area contributed by atoms with Gasteiger partial charge in [-0.2, -0.15) is 5.10 Å². The normalized spacial score (nSPS) is 17.4. The van der Waals surface area contributed by atoms with Crippen molar-refractivity contribution < 1.29 is 9.59 Å². The van der Waals surface area contributed by atoms with Crippen molar-refractivity contribution in [3.63, 3.8) is 0 Å². The maximum absolute atomic E-state index is 11.9. The standard InChI is InChI=1S/C14H17N7O2/c1-20-8-9(7-13(20)22)16-14(23)17-12-4-3-10(18-19-12)11-5-6-15-21(11)2/h3-6,9H,7-8H2,1-2H3,(H2,16,17,19,23). The second-order valence-electron chi connectivity index (χ2n) is 5.42. The van der Waals surface area contributed by atoms with Crippen molar-refractivity contribution in [2.45, 2.75) is 12.5 Å². The van der Waals surface area contributed by atoms with Crippen molar-refractivity contribution in [3.05, 3.63) is 24.4 Å². The zero-order chi connectivity index (χ0) is 16.4. The van der Waals surface area contributed by atoms with Crippen LogP contribution >= 0.6 is 0 Å². The summed E-state index contributed by atoms with van der Waals surface area (Å²) in [7, 11) is 3.53. The molecule has 1 aliphatic rings. The number of aromatic nitrogens is 4. The minimum atomic E-state index is -0.402. The lowest BCUT2D eigenvalue weighted by molar-refractivity contribution is -0.126. The molecule has 0 spiro atoms. The summed E-state index contributed by atoms with van der Waals surface area (Å²) in [6.45, 7) is 0.511. The molecule has 2 N–H and O–H groups in total. The second-order valence-corrected chi connectivity index (χ2v) is 5.42. The van der Waals surface area contributed by atoms with Gasteiger partial charge in [0.05, 0.1) is 11.7 Å². The smallest absolute Gasteiger partial charge is 0.320 e. The molecule has 2 aromatic rings. The van der Waals surface area contributed by atoms with E-state index in [0.717, 1.165) is 5.69 Å². The number of carbonyl (C=O) groups is 2. The molecule has 3 heterocycles. The number of amides is 3. The predicted octanol–water partition coefficient (Wildman–Crippen LogP) is 0.229. The van der Waals surface area contributed by atoms with Gasteiger partial charge in [-0.05, 0) is 18.2 Å². The van der Waals surface area contributed by atoms with E-state index in [0.29, 0.717) is 24.5 Å². The van der Waals surface area contributed by atoms with Crippen molar-refractivity contribution in [2.75, 3.05) is 18.9 Å². The Labute approximate surface area is 132 Å². The Bertz CT molecular complexity index is 725. The zero-order valence-electron chi connectivity index (χ0n) is 12.9. The van der Waals surface area contributed by atoms with Crippen LogP contribution in [0, 0.1) is 0 Å². The van der Waals surface area contributed by atoms with E-state index >= 15 is 0 Å². The Kier molecular flexibility index (Phi) is 3.92. The van der Waals surface area contributed by atoms with Crippen molar-refractivity contribution in [1.29, 1.82) is 0 Å². The van der Waals surface area contributed by atoms with Crippen molar-refractivity contribution in [3.8, 4) is 11.4 Å². The molecule has 120 valence electrons. The summed E-state index contributed by atoms with van der Waals surface area (Å²) in [5, 5.41) is 17.5. The third kappa shape index (κ3) is 3.28. The topological polar surface area (TPSA) is 105 Å². The Morgan fingerprint density at radius 3 is 2.65 bits per heavy atom. The fourth-order valence-electron chi connectivity index (χ4n) is 2.46. The lowest BCUT2D eigenvalue weighted by Gasteiger charge is -2.12. The molecule has 9 heteroatoms. The number of carbonyl (C=O) groups excluding carboxylic acids is 2. The van der Waals surface area contributed by atoms with E-state index in [-0.39, 0.29) is 11.9 Å². The molecule has 1 unspecified atom stereocenters. The van der Waals surface area contributed by atoms with Gasteiger partial charge in [0.25, 0.3) is 0 Å². The van der Waals surface area contributed by atoms with Crippen LogP contribution in [-0.2, 0) is 11.8 Å². The molecule has 1 atom stereocenters. The molecule has 1 saturated heterocycles. The van der Waals surface area contributed by atoms with Crippen LogP contribution in [0.3, 0.4) is 0 Å². The highest BCUT2D eigenvalue weighted by atomic mass is 16.2. The van der Waals surface area contributed by atoms with Crippen LogP contribution in [0.2, 0.25) is 0 Å². The Balaban J connectivity index is 1.59. The Morgan fingerprint density at radius 2 is 2.09 bits per heavy atom. The number of rotatable bonds is 3. The second kappa shape index (κ2) is 6.03. The van der Waals surface area contributed by atoms with Gasteiger partial charge in [0.15, 0.2) is 5.82 Å². The van der Waals surface area contributed by atoms with Gasteiger partial charge in [0.2, 0.25) is 5.91 Å². The third-order valence-corrected chi connectivity index (χ3v) is 3.67. The molecule has 9 nitrogen and oxygen atoms in total. The summed E-state index contributed by atoms with van der Waals surface area (Å²) in [6, 6.07) is 4.67. The number of urea groups is 1. The number of likely N-dealkylation sites (tertiary alicyclic amines) is 1. The summed E-state index contributed by atoms with van der Waals surface area (Å²) in [6.07, 6.45) is 1.99. The lowest BCUT2D eigenvalue weighted by atomic mass is 10.2. The zero-order valence-corrected chi connectivity index (χ0v) is 12.9. The van der Waals surface area contributed by atoms with E-state index in [1.54, 1.807) is 35.0 Å². The van der Waals surface area contributed by atoms with Gasteiger partial charge in [-0.3, -0.25) is 14.8 Å². The molecule has 0 aliphatic carbocycles. The Morgan fingerprint density at radius 1 is 1.26 bits per heavy atom. The molecule has 0 saturated carbocycles. The average Bonchev–Trinajstić information content (AvgIpc) is 3.06. The van der Waals surface area contributed by atoms with Crippen molar-refractivity contribution in [2.24, 2.45) is 7.05 Å². The van der Waals surface area contributed by atoms with Crippen LogP contribution in [0.25, 0.3) is 11.4 Å². The number of nitrogens with zero attached hydrogens (tertiary/aromatic N) is 5. The van der Waals surface area contributed by atoms with E-state index in [2.05, 4.69) is 25.9 Å². The maximum Gasteiger partial charge on any atom is 0.320 e. The maximum atomic E-state index is 11.9. The van der Waals surface area contributed by atoms with Crippen LogP contribution in [0.5, 0.6) is 0 Å². The first-order valence-corrected chi connectivity index (χ1v) is 7.16. The Hall–Kier alpha value is -2.97. The third-order valence-electron chi connectivity index (χ3n) is 3.67. The van der Waals surface area contributed by atoms with Crippen LogP contribution in [0.4, 0.5) is 10.6 Å². The number of hydrogen-bond acceptors (Lipinski definition) is 5. The van der Waals surface area contributed by atoms with E-state index < -0.39 is 6.03 Å². The van der Waals surface area contributed by atoms with Gasteiger partial charge in [-0.15, -0.1) is 10.2 Å². The largest absolute Gasteiger partial charge is 0.344 e. The van der Waals surface area contributed by atoms with E-state index in [9.17, 15) is 9.59 Å². The first kappa shape index (κ1) is 14.9. The summed E-state index contributed by atoms with van der Waals surface area (Å²) < 4.78 is 1.69. The number of nitrogens with one attached hydrogen (secondary N) is 2. The van der Waals surface area contributed by atoms with E-state index in [1.165, 1.54) is 0 Å². The first-order valence-electron chi connectivity index (χ1n) is 7.16. The summed E-state index contributed by atoms with van der Waals surface area (Å²) >= 11 is 0. The molecule has 0 aromatic carbocycles. The van der Waals surface area contributed by atoms with E-state index in [1.807, 2.05) is 13.1 Å². The minimum Gasteiger partial charge on any atom is -0.344 e. The van der Waals surface area contributed by atoms with Gasteiger partial charge >= 0.3 is 6.03 Å². The van der Waals surface area contributed by atoms with Crippen molar-refractivity contribution in [1.82, 2.24) is 30.2 Å². The molecule has 0 radical (unpaired) electrons. The molecule has 0 bridgehead atoms. The van der Waals surface area contributed by atoms with Gasteiger partial charge in [0.1, 0.15) is 5.69 Å². The SMILES string of the molecule is CN1CC(NC(=O)Nc2ccc(-c3ccnn3C)nn2)CC1=O. The lowest BCUT2D eigenvalue weighted by Crippen LogP contribution is -2.39. The average molecular weight is 315 g/mol. The van der Waals surface area contributed by atoms with Gasteiger partial charge in [0, 0.05) is 33.3 Å². The van der Waals surface area contributed by atoms with Gasteiger partial charge in [-0.1, -0.05) is 0 Å². The van der Waals surface area contributed by atoms with Crippen molar-refractivity contribution >= 4 is 17.8 Å². The van der Waals surface area contributed by atoms with Crippen LogP contribution < -0.4 is 10.6 Å². The summed E-state index contributed by atoms with van der Waals surface area (Å²) in [5.41, 5.74) is 1.50. The van der Waals surface area contributed by atoms with Gasteiger partial charge in [-0.25, -0.2) is 4.79 Å². The molecule has 2 aromatic heterocycles. The van der Waals surface area contributed by atoms with Crippen LogP contribution in [0.1, 0.15) is 6.42 Å². The fourth-order valence-corrected chi connectivity index (χ4v) is 2.46.